The second-order valence-corrected chi connectivity index (χ2v) is 22.9. The molecule has 2 amide bonds. The number of carboxylic acid groups (broad SMARTS) is 1. The Kier molecular flexibility index (Phi) is 28.9. The van der Waals surface area contributed by atoms with E-state index in [1.165, 1.54) is 12.1 Å². The Bertz CT molecular complexity index is 2490. The predicted molar refractivity (Wildman–Crippen MR) is 285 cm³/mol. The zero-order valence-electron chi connectivity index (χ0n) is 41.5. The number of nitrogens with one attached hydrogen (secondary N) is 1. The van der Waals surface area contributed by atoms with E-state index in [1.807, 2.05) is 83.3 Å². The number of methoxy groups -OCH3 is 1. The number of terminal acetylenes is 1. The number of carbonyl (C=O) groups excluding carboxylic acids is 2. The van der Waals surface area contributed by atoms with Gasteiger partial charge in [0.1, 0.15) is 38.2 Å². The molecule has 5 rings (SSSR count). The maximum absolute atomic E-state index is 12.2. The van der Waals surface area contributed by atoms with E-state index in [0.717, 1.165) is 33.6 Å². The first-order valence-electron chi connectivity index (χ1n) is 21.5. The summed E-state index contributed by atoms with van der Waals surface area (Å²) in [4.78, 5) is 66.2. The van der Waals surface area contributed by atoms with Crippen molar-refractivity contribution in [2.24, 2.45) is 0 Å². The van der Waals surface area contributed by atoms with Crippen molar-refractivity contribution in [3.8, 4) is 29.5 Å². The van der Waals surface area contributed by atoms with Crippen LogP contribution in [0.2, 0.25) is 10.0 Å². The van der Waals surface area contributed by atoms with Gasteiger partial charge in [-0.25, -0.2) is 4.79 Å². The van der Waals surface area contributed by atoms with Gasteiger partial charge >= 0.3 is 11.7 Å². The molecule has 4 aromatic rings. The second-order valence-electron chi connectivity index (χ2n) is 16.7. The molecule has 17 nitrogen and oxygen atoms in total. The molecular weight excluding hydrogens is 1070 g/mol. The molecule has 1 aliphatic heterocycles. The van der Waals surface area contributed by atoms with Gasteiger partial charge in [0.15, 0.2) is 4.84 Å². The number of amides is 2. The monoisotopic (exact) mass is 1130 g/mol. The quantitative estimate of drug-likeness (QED) is 0.0473. The van der Waals surface area contributed by atoms with Crippen LogP contribution in [-0.4, -0.2) is 119 Å². The van der Waals surface area contributed by atoms with Crippen LogP contribution in [0.15, 0.2) is 63.8 Å². The number of para-hydroxylation sites is 3. The first kappa shape index (κ1) is 65.1. The summed E-state index contributed by atoms with van der Waals surface area (Å²) in [5.41, 5.74) is 3.83. The number of alkyl halides is 3. The molecule has 1 aliphatic rings. The van der Waals surface area contributed by atoms with Crippen LogP contribution in [0.4, 0.5) is 11.4 Å². The van der Waals surface area contributed by atoms with Crippen molar-refractivity contribution in [1.29, 1.82) is 0 Å². The average molecular weight is 1130 g/mol. The molecule has 24 heteroatoms. The molecule has 0 aliphatic carbocycles. The van der Waals surface area contributed by atoms with Crippen molar-refractivity contribution in [2.45, 2.75) is 77.2 Å². The molecule has 0 saturated heterocycles. The SMILES string of the molecule is C#CCOc1cc(-n2nc(C(C)(C)C)oc2=O)c(Cl)cc1Cl.CC1COc2ccccc2N1C(=O)C(Cl)Cl.CCc1cccc(C)c1N(C(=O)CCl)C(C)COC.C[S+](C)C.O=C(O)CNCP(=O)([O-])O. The first-order chi connectivity index (χ1) is 33.1. The number of rotatable bonds is 14. The van der Waals surface area contributed by atoms with Crippen LogP contribution in [-0.2, 0) is 46.4 Å². The number of aryl methyl sites for hydroxylation is 2. The highest BCUT2D eigenvalue weighted by Crippen LogP contribution is 2.35. The van der Waals surface area contributed by atoms with E-state index in [4.69, 9.17) is 93.1 Å². The van der Waals surface area contributed by atoms with Crippen molar-refractivity contribution in [3.05, 3.63) is 92.2 Å². The number of nitrogens with zero attached hydrogens (tertiary/aromatic N) is 4. The van der Waals surface area contributed by atoms with E-state index in [0.29, 0.717) is 47.2 Å². The molecule has 0 bridgehead atoms. The predicted octanol–water partition coefficient (Wildman–Crippen LogP) is 7.87. The molecular formula is C47H63Cl5N5O12PS. The molecule has 394 valence electrons. The minimum absolute atomic E-state index is 0.0223. The topological polar surface area (TPSA) is 226 Å². The number of anilines is 2. The second kappa shape index (κ2) is 31.6. The lowest BCUT2D eigenvalue weighted by atomic mass is 9.97. The van der Waals surface area contributed by atoms with Crippen LogP contribution in [0.5, 0.6) is 11.5 Å². The zero-order valence-corrected chi connectivity index (χ0v) is 47.0. The van der Waals surface area contributed by atoms with Gasteiger partial charge in [-0.3, -0.25) is 19.7 Å². The Morgan fingerprint density at radius 2 is 1.72 bits per heavy atom. The van der Waals surface area contributed by atoms with Crippen LogP contribution < -0.4 is 35.2 Å². The molecule has 0 radical (unpaired) electrons. The van der Waals surface area contributed by atoms with Crippen LogP contribution in [0, 0.1) is 19.3 Å². The van der Waals surface area contributed by atoms with E-state index < -0.39 is 42.4 Å². The third-order valence-electron chi connectivity index (χ3n) is 8.96. The lowest BCUT2D eigenvalue weighted by molar-refractivity contribution is -0.193. The van der Waals surface area contributed by atoms with E-state index >= 15 is 0 Å². The summed E-state index contributed by atoms with van der Waals surface area (Å²) < 4.78 is 32.2. The Labute approximate surface area is 443 Å². The highest BCUT2D eigenvalue weighted by molar-refractivity contribution is 7.94. The Balaban J connectivity index is 0.000000474. The number of aromatic nitrogens is 2. The van der Waals surface area contributed by atoms with E-state index in [2.05, 4.69) is 42.8 Å². The average Bonchev–Trinajstić information content (AvgIpc) is 3.68. The van der Waals surface area contributed by atoms with Gasteiger partial charge in [-0.15, -0.1) is 23.1 Å². The number of benzene rings is 3. The summed E-state index contributed by atoms with van der Waals surface area (Å²) in [7, 11) is -2.07. The number of ether oxygens (including phenoxy) is 3. The van der Waals surface area contributed by atoms with E-state index in [-0.39, 0.29) is 46.4 Å². The molecule has 3 N–H and O–H groups in total. The van der Waals surface area contributed by atoms with Crippen LogP contribution in [0.3, 0.4) is 0 Å². The third kappa shape index (κ3) is 22.4. The highest BCUT2D eigenvalue weighted by atomic mass is 35.5. The van der Waals surface area contributed by atoms with E-state index in [1.54, 1.807) is 16.9 Å². The fourth-order valence-corrected chi connectivity index (χ4v) is 7.26. The smallest absolute Gasteiger partial charge is 0.442 e. The number of halogens is 5. The molecule has 71 heavy (non-hydrogen) atoms. The van der Waals surface area contributed by atoms with Crippen molar-refractivity contribution in [3.63, 3.8) is 0 Å². The molecule has 3 aromatic carbocycles. The van der Waals surface area contributed by atoms with Crippen LogP contribution >= 0.6 is 65.6 Å². The number of carboxylic acids is 1. The summed E-state index contributed by atoms with van der Waals surface area (Å²) in [5.74, 6) is 1.39. The van der Waals surface area contributed by atoms with Gasteiger partial charge in [-0.1, -0.05) is 110 Å². The lowest BCUT2D eigenvalue weighted by Crippen LogP contribution is -2.47. The fraction of sp³-hybridized carbons (Fsp3) is 0.468. The fourth-order valence-electron chi connectivity index (χ4n) is 6.01. The number of carbonyl (C=O) groups is 3. The summed E-state index contributed by atoms with van der Waals surface area (Å²) in [6, 6.07) is 16.3. The van der Waals surface area contributed by atoms with Gasteiger partial charge < -0.3 is 47.9 Å². The number of hydrogen-bond acceptors (Lipinski definition) is 12. The Morgan fingerprint density at radius 1 is 1.10 bits per heavy atom. The van der Waals surface area contributed by atoms with Crippen molar-refractivity contribution in [1.82, 2.24) is 15.1 Å². The maximum atomic E-state index is 12.2. The summed E-state index contributed by atoms with van der Waals surface area (Å²) in [5, 5.41) is 14.7. The maximum Gasteiger partial charge on any atom is 0.442 e. The highest BCUT2D eigenvalue weighted by Gasteiger charge is 2.32. The lowest BCUT2D eigenvalue weighted by Gasteiger charge is -2.35. The van der Waals surface area contributed by atoms with Gasteiger partial charge in [0.05, 0.1) is 77.4 Å². The standard InChI is InChI=1S/C15H14Cl2N2O3.C15H22ClNO2.C11H11Cl2NO2.C3H8NO5P.C3H9S/c1-5-6-21-12-8-11(9(16)7-10(12)17)19-14(20)22-13(18-19)15(2,3)4;1-5-13-8-6-7-11(2)15(13)17(14(18)9-16)12(3)10-19-4;1-7-6-16-9-5-3-2-4-8(9)14(7)11(15)10(12)13;5-3(6)1-4-2-10(7,8)9;1-4(2)3/h1,7-8H,6H2,2-4H3;6-8,12H,5,9-10H2,1-4H3;2-5,7,10H,6H2,1H3;4H,1-2H2,(H,5,6)(H2,7,8,9);1-3H3/q;;;;+1/p-1. The molecule has 0 saturated carbocycles. The van der Waals surface area contributed by atoms with Crippen molar-refractivity contribution < 1.29 is 52.5 Å². The van der Waals surface area contributed by atoms with Gasteiger partial charge in [0, 0.05) is 18.6 Å². The van der Waals surface area contributed by atoms with Crippen molar-refractivity contribution >= 4 is 106 Å². The summed E-state index contributed by atoms with van der Waals surface area (Å²) in [6.45, 7) is 14.1. The van der Waals surface area contributed by atoms with Crippen LogP contribution in [0.1, 0.15) is 58.6 Å². The van der Waals surface area contributed by atoms with Gasteiger partial charge in [0.2, 0.25) is 11.8 Å². The molecule has 0 spiro atoms. The summed E-state index contributed by atoms with van der Waals surface area (Å²) in [6.07, 6.45) is 11.9. The zero-order chi connectivity index (χ0) is 54.4. The number of aliphatic carboxylic acids is 1. The minimum atomic E-state index is -4.35. The van der Waals surface area contributed by atoms with Gasteiger partial charge in [-0.2, -0.15) is 4.68 Å². The van der Waals surface area contributed by atoms with Gasteiger partial charge in [0.25, 0.3) is 5.91 Å². The minimum Gasteiger partial charge on any atom is -0.778 e. The molecule has 1 aromatic heterocycles. The Morgan fingerprint density at radius 3 is 2.23 bits per heavy atom. The third-order valence-corrected chi connectivity index (χ3v) is 10.8. The van der Waals surface area contributed by atoms with E-state index in [9.17, 15) is 28.6 Å². The molecule has 2 heterocycles. The normalized spacial score (nSPS) is 13.9. The van der Waals surface area contributed by atoms with Gasteiger partial charge in [-0.05, 0) is 67.4 Å². The molecule has 0 fully saturated rings. The number of hydrogen-bond donors (Lipinski definition) is 3. The first-order valence-corrected chi connectivity index (χ1v) is 27.8. The van der Waals surface area contributed by atoms with Crippen LogP contribution in [0.25, 0.3) is 5.69 Å². The summed E-state index contributed by atoms with van der Waals surface area (Å²) >= 11 is 29.2. The number of fused-ring (bicyclic) bond motifs is 1. The molecule has 3 unspecified atom stereocenters. The molecule has 3 atom stereocenters. The Hall–Kier alpha value is -3.96. The van der Waals surface area contributed by atoms with Crippen molar-refractivity contribution in [2.75, 3.05) is 74.2 Å². The largest absolute Gasteiger partial charge is 0.778 e.